The third kappa shape index (κ3) is 9.04. The van der Waals surface area contributed by atoms with Gasteiger partial charge in [0.1, 0.15) is 32.6 Å². The third-order valence-electron chi connectivity index (χ3n) is 7.68. The van der Waals surface area contributed by atoms with Crippen molar-refractivity contribution in [3.05, 3.63) is 40.6 Å². The summed E-state index contributed by atoms with van der Waals surface area (Å²) in [6, 6.07) is 0.945. The van der Waals surface area contributed by atoms with Crippen molar-refractivity contribution in [1.82, 2.24) is 19.9 Å². The van der Waals surface area contributed by atoms with Gasteiger partial charge in [-0.3, -0.25) is 4.68 Å². The predicted molar refractivity (Wildman–Crippen MR) is 190 cm³/mol. The number of aliphatic imine (C=N–C) groups is 1. The molecule has 0 spiro atoms. The monoisotopic (exact) mass is 727 g/mol. The number of allylic oxidation sites excluding steroid dienone is 3. The quantitative estimate of drug-likeness (QED) is 0.0949. The van der Waals surface area contributed by atoms with E-state index in [2.05, 4.69) is 72.1 Å². The van der Waals surface area contributed by atoms with Crippen LogP contribution >= 0.6 is 27.7 Å². The molecular formula is C31H51BrFN5O3SSi2. The van der Waals surface area contributed by atoms with Crippen LogP contribution in [-0.2, 0) is 16.0 Å². The lowest BCUT2D eigenvalue weighted by Gasteiger charge is -2.40. The number of fused-ring (bicyclic) bond motifs is 1. The van der Waals surface area contributed by atoms with Crippen LogP contribution in [0.25, 0.3) is 0 Å². The van der Waals surface area contributed by atoms with Gasteiger partial charge in [-0.15, -0.1) is 5.10 Å². The Balaban J connectivity index is 2.15. The number of thioether (sulfide) groups is 1. The lowest BCUT2D eigenvalue weighted by Crippen LogP contribution is -2.49. The molecule has 1 aromatic rings. The van der Waals surface area contributed by atoms with Gasteiger partial charge in [0.2, 0.25) is 0 Å². The topological polar surface area (TPSA) is 81.8 Å². The summed E-state index contributed by atoms with van der Waals surface area (Å²) in [5, 5.41) is 10.4. The lowest BCUT2D eigenvalue weighted by molar-refractivity contribution is 0.0110. The van der Waals surface area contributed by atoms with Crippen molar-refractivity contribution in [3.63, 3.8) is 0 Å². The minimum Gasteiger partial charge on any atom is -0.443 e. The Labute approximate surface area is 278 Å². The third-order valence-corrected chi connectivity index (χ3v) is 13.3. The number of rotatable bonds is 12. The number of nitrogens with zero attached hydrogens (tertiary/aromatic N) is 5. The fourth-order valence-electron chi connectivity index (χ4n) is 5.09. The maximum atomic E-state index is 15.8. The zero-order chi connectivity index (χ0) is 33.3. The summed E-state index contributed by atoms with van der Waals surface area (Å²) in [6.45, 7) is 27.3. The maximum Gasteiger partial charge on any atom is 0.418 e. The summed E-state index contributed by atoms with van der Waals surface area (Å²) in [6.07, 6.45) is 5.95. The van der Waals surface area contributed by atoms with E-state index < -0.39 is 44.8 Å². The molecule has 0 aromatic carbocycles. The van der Waals surface area contributed by atoms with Gasteiger partial charge in [-0.05, 0) is 58.7 Å². The summed E-state index contributed by atoms with van der Waals surface area (Å²) in [5.41, 5.74) is -0.582. The first kappa shape index (κ1) is 36.9. The van der Waals surface area contributed by atoms with Crippen molar-refractivity contribution >= 4 is 60.4 Å². The number of amides is 1. The predicted octanol–water partition coefficient (Wildman–Crippen LogP) is 7.74. The Kier molecular flexibility index (Phi) is 11.5. The summed E-state index contributed by atoms with van der Waals surface area (Å²) >= 11 is 5.09. The molecule has 0 N–H and O–H groups in total. The van der Waals surface area contributed by atoms with Crippen molar-refractivity contribution in [3.8, 4) is 0 Å². The Morgan fingerprint density at radius 3 is 2.45 bits per heavy atom. The van der Waals surface area contributed by atoms with E-state index in [0.717, 1.165) is 15.8 Å². The molecule has 0 radical (unpaired) electrons. The summed E-state index contributed by atoms with van der Waals surface area (Å²) in [4.78, 5) is 20.3. The van der Waals surface area contributed by atoms with Gasteiger partial charge < -0.3 is 9.47 Å². The highest BCUT2D eigenvalue weighted by Gasteiger charge is 2.69. The van der Waals surface area contributed by atoms with E-state index in [4.69, 9.17) is 14.5 Å². The molecule has 13 heteroatoms. The number of ether oxygens (including phenoxy) is 2. The minimum atomic E-state index is -1.68. The van der Waals surface area contributed by atoms with Crippen LogP contribution < -0.4 is 5.32 Å². The van der Waals surface area contributed by atoms with Crippen LogP contribution in [0.4, 0.5) is 9.18 Å². The number of hydrogen-bond acceptors (Lipinski definition) is 7. The molecule has 246 valence electrons. The van der Waals surface area contributed by atoms with Crippen molar-refractivity contribution in [1.29, 1.82) is 0 Å². The van der Waals surface area contributed by atoms with Crippen LogP contribution in [0.3, 0.4) is 0 Å². The summed E-state index contributed by atoms with van der Waals surface area (Å²) in [7, 11) is -3.05. The second-order valence-corrected chi connectivity index (χ2v) is 28.1. The smallest absolute Gasteiger partial charge is 0.418 e. The van der Waals surface area contributed by atoms with E-state index in [1.54, 1.807) is 0 Å². The van der Waals surface area contributed by atoms with E-state index in [9.17, 15) is 4.79 Å². The fourth-order valence-corrected chi connectivity index (χ4v) is 8.55. The Hall–Kier alpha value is -1.55. The van der Waals surface area contributed by atoms with E-state index in [1.165, 1.54) is 16.7 Å². The molecule has 3 atom stereocenters. The molecule has 0 saturated heterocycles. The number of halogens is 2. The van der Waals surface area contributed by atoms with E-state index in [-0.39, 0.29) is 12.6 Å². The summed E-state index contributed by atoms with van der Waals surface area (Å²) in [5.74, 6) is -0.151. The van der Waals surface area contributed by atoms with Crippen LogP contribution in [0.5, 0.6) is 0 Å². The van der Waals surface area contributed by atoms with Gasteiger partial charge >= 0.3 is 6.09 Å². The molecule has 2 aliphatic rings. The van der Waals surface area contributed by atoms with Gasteiger partial charge in [-0.1, -0.05) is 90.4 Å². The van der Waals surface area contributed by atoms with Gasteiger partial charge in [0.25, 0.3) is 0 Å². The molecule has 1 saturated carbocycles. The molecule has 3 rings (SSSR count). The van der Waals surface area contributed by atoms with Gasteiger partial charge in [-0.25, -0.2) is 19.1 Å². The molecule has 1 amide bonds. The van der Waals surface area contributed by atoms with Crippen LogP contribution in [0, 0.1) is 5.92 Å². The molecule has 1 aliphatic heterocycles. The van der Waals surface area contributed by atoms with E-state index >= 15 is 4.39 Å². The van der Waals surface area contributed by atoms with Crippen molar-refractivity contribution in [2.45, 2.75) is 109 Å². The molecule has 0 bridgehead atoms. The number of carbonyl (C=O) groups is 1. The fraction of sp³-hybridized carbons (Fsp3) is 0.677. The van der Waals surface area contributed by atoms with Crippen LogP contribution in [-0.4, -0.2) is 83.2 Å². The molecule has 2 heterocycles. The highest BCUT2D eigenvalue weighted by molar-refractivity contribution is 9.11. The van der Waals surface area contributed by atoms with Crippen molar-refractivity contribution < 1.29 is 18.7 Å². The number of alkyl halides is 1. The van der Waals surface area contributed by atoms with E-state index in [1.807, 2.05) is 57.6 Å². The van der Waals surface area contributed by atoms with Crippen LogP contribution in [0.2, 0.25) is 45.3 Å². The number of hydrogen-bond donors (Lipinski definition) is 0. The van der Waals surface area contributed by atoms with Crippen molar-refractivity contribution in [2.24, 2.45) is 10.9 Å². The van der Waals surface area contributed by atoms with Gasteiger partial charge in [-0.2, -0.15) is 0 Å². The first-order chi connectivity index (χ1) is 20.2. The number of carbonyl (C=O) groups excluding carboxylic acids is 1. The zero-order valence-corrected chi connectivity index (χ0v) is 32.8. The van der Waals surface area contributed by atoms with Crippen LogP contribution in [0.1, 0.15) is 41.0 Å². The standard InChI is InChI=1S/C31H51BrFN5O3SSi2/c1-13-23(32)16-24(22(2)3)31(19-33)25-17-30(25,20-37-18-26(35-36-37)44(10,11)12)42-27(34-31)38(28(39)41-29(4,5)6)21-40-14-15-43(7,8)9/h13,16,18,25H,2,14-15,17,19-21H2,1,3-12H3/b23-13+,24-16+/t25?,30?,31-/m1/s1. The van der Waals surface area contributed by atoms with Crippen LogP contribution in [0.15, 0.2) is 45.5 Å². The Morgan fingerprint density at radius 2 is 1.95 bits per heavy atom. The largest absolute Gasteiger partial charge is 0.443 e. The Bertz CT molecular complexity index is 1330. The minimum absolute atomic E-state index is 0.0396. The first-order valence-corrected chi connectivity index (χ1v) is 24.0. The molecule has 1 aromatic heterocycles. The SMILES string of the molecule is C=C(C)/C(=C\C(Br)=C/C)[C@@]1(CF)N=C(N(COCC[Si](C)(C)C)C(=O)OC(C)(C)C)SC2(Cn3cc([Si](C)(C)C)nn3)CC21. The molecule has 1 fully saturated rings. The average molecular weight is 729 g/mol. The average Bonchev–Trinajstić information content (AvgIpc) is 3.40. The molecule has 44 heavy (non-hydrogen) atoms. The Morgan fingerprint density at radius 1 is 1.30 bits per heavy atom. The first-order valence-electron chi connectivity index (χ1n) is 15.2. The molecule has 1 aliphatic carbocycles. The van der Waals surface area contributed by atoms with Crippen molar-refractivity contribution in [2.75, 3.05) is 20.0 Å². The number of aromatic nitrogens is 3. The number of amidine groups is 1. The maximum absolute atomic E-state index is 15.8. The van der Waals surface area contributed by atoms with Gasteiger partial charge in [0.05, 0.1) is 11.9 Å². The normalized spacial score (nSPS) is 24.5. The second-order valence-electron chi connectivity index (χ2n) is 15.2. The summed E-state index contributed by atoms with van der Waals surface area (Å²) < 4.78 is 29.9. The molecular weight excluding hydrogens is 678 g/mol. The molecule has 8 nitrogen and oxygen atoms in total. The zero-order valence-electron chi connectivity index (χ0n) is 28.4. The van der Waals surface area contributed by atoms with E-state index in [0.29, 0.717) is 35.9 Å². The van der Waals surface area contributed by atoms with Gasteiger partial charge in [0, 0.05) is 36.0 Å². The second kappa shape index (κ2) is 13.7. The molecule has 2 unspecified atom stereocenters. The highest BCUT2D eigenvalue weighted by atomic mass is 79.9. The lowest BCUT2D eigenvalue weighted by atomic mass is 9.81. The highest BCUT2D eigenvalue weighted by Crippen LogP contribution is 2.66. The van der Waals surface area contributed by atoms with Gasteiger partial charge in [0.15, 0.2) is 5.17 Å².